The lowest BCUT2D eigenvalue weighted by atomic mass is 10.1. The Labute approximate surface area is 128 Å². The quantitative estimate of drug-likeness (QED) is 0.876. The predicted molar refractivity (Wildman–Crippen MR) is 81.6 cm³/mol. The van der Waals surface area contributed by atoms with Gasteiger partial charge in [-0.05, 0) is 43.5 Å². The fourth-order valence-corrected chi connectivity index (χ4v) is 2.76. The fourth-order valence-electron chi connectivity index (χ4n) is 2.59. The van der Waals surface area contributed by atoms with Gasteiger partial charge in [0.05, 0.1) is 6.54 Å². The second-order valence-electron chi connectivity index (χ2n) is 5.50. The van der Waals surface area contributed by atoms with Gasteiger partial charge in [0.2, 0.25) is 5.91 Å². The van der Waals surface area contributed by atoms with E-state index in [2.05, 4.69) is 5.32 Å². The number of aliphatic carboxylic acids is 1. The first kappa shape index (κ1) is 15.8. The van der Waals surface area contributed by atoms with Crippen LogP contribution in [-0.2, 0) is 9.59 Å². The van der Waals surface area contributed by atoms with Crippen molar-refractivity contribution in [3.8, 4) is 0 Å². The molecule has 1 aromatic carbocycles. The number of amides is 1. The molecule has 1 aliphatic heterocycles. The van der Waals surface area contributed by atoms with Gasteiger partial charge in [-0.1, -0.05) is 17.7 Å². The van der Waals surface area contributed by atoms with E-state index >= 15 is 0 Å². The second-order valence-corrected chi connectivity index (χ2v) is 5.93. The van der Waals surface area contributed by atoms with Crippen LogP contribution in [0, 0.1) is 12.8 Å². The molecule has 114 valence electrons. The van der Waals surface area contributed by atoms with Gasteiger partial charge >= 0.3 is 5.97 Å². The summed E-state index contributed by atoms with van der Waals surface area (Å²) >= 11 is 5.92. The third-order valence-corrected chi connectivity index (χ3v) is 3.91. The molecule has 0 saturated carbocycles. The Bertz CT molecular complexity index is 548. The lowest BCUT2D eigenvalue weighted by Crippen LogP contribution is -2.32. The van der Waals surface area contributed by atoms with E-state index in [1.807, 2.05) is 17.9 Å². The molecule has 1 saturated heterocycles. The zero-order chi connectivity index (χ0) is 15.4. The van der Waals surface area contributed by atoms with Crippen LogP contribution in [0.1, 0.15) is 18.4 Å². The number of anilines is 1. The average Bonchev–Trinajstić information content (AvgIpc) is 2.80. The molecule has 1 unspecified atom stereocenters. The first-order valence-electron chi connectivity index (χ1n) is 6.94. The topological polar surface area (TPSA) is 69.6 Å². The number of nitrogens with one attached hydrogen (secondary N) is 1. The Hall–Kier alpha value is -1.59. The normalized spacial score (nSPS) is 18.7. The molecule has 0 radical (unpaired) electrons. The maximum Gasteiger partial charge on any atom is 0.303 e. The first-order valence-corrected chi connectivity index (χ1v) is 7.32. The number of benzene rings is 1. The highest BCUT2D eigenvalue weighted by molar-refractivity contribution is 6.31. The maximum atomic E-state index is 12.0. The second kappa shape index (κ2) is 6.91. The molecule has 1 amide bonds. The van der Waals surface area contributed by atoms with E-state index in [1.54, 1.807) is 12.1 Å². The molecule has 21 heavy (non-hydrogen) atoms. The summed E-state index contributed by atoms with van der Waals surface area (Å²) in [6.45, 7) is 3.61. The van der Waals surface area contributed by atoms with Crippen molar-refractivity contribution in [2.45, 2.75) is 19.8 Å². The van der Waals surface area contributed by atoms with Crippen LogP contribution >= 0.6 is 11.6 Å². The number of nitrogens with zero attached hydrogens (tertiary/aromatic N) is 1. The Balaban J connectivity index is 1.85. The van der Waals surface area contributed by atoms with E-state index < -0.39 is 5.97 Å². The van der Waals surface area contributed by atoms with E-state index in [9.17, 15) is 9.59 Å². The maximum absolute atomic E-state index is 12.0. The minimum atomic E-state index is -0.777. The number of carbonyl (C=O) groups excluding carboxylic acids is 1. The van der Waals surface area contributed by atoms with Crippen molar-refractivity contribution >= 4 is 29.2 Å². The zero-order valence-corrected chi connectivity index (χ0v) is 12.7. The highest BCUT2D eigenvalue weighted by Crippen LogP contribution is 2.21. The number of hydrogen-bond donors (Lipinski definition) is 2. The van der Waals surface area contributed by atoms with Gasteiger partial charge in [-0.2, -0.15) is 0 Å². The van der Waals surface area contributed by atoms with Crippen LogP contribution < -0.4 is 5.32 Å². The van der Waals surface area contributed by atoms with Gasteiger partial charge in [0.1, 0.15) is 0 Å². The van der Waals surface area contributed by atoms with E-state index in [-0.39, 0.29) is 24.8 Å². The van der Waals surface area contributed by atoms with Crippen molar-refractivity contribution in [3.05, 3.63) is 28.8 Å². The first-order chi connectivity index (χ1) is 9.94. The summed E-state index contributed by atoms with van der Waals surface area (Å²) in [7, 11) is 0. The van der Waals surface area contributed by atoms with Crippen molar-refractivity contribution in [1.29, 1.82) is 0 Å². The monoisotopic (exact) mass is 310 g/mol. The van der Waals surface area contributed by atoms with Gasteiger partial charge < -0.3 is 10.4 Å². The van der Waals surface area contributed by atoms with E-state index in [0.29, 0.717) is 17.3 Å². The molecule has 6 heteroatoms. The number of carboxylic acids is 1. The fraction of sp³-hybridized carbons (Fsp3) is 0.467. The van der Waals surface area contributed by atoms with Gasteiger partial charge in [0, 0.05) is 23.7 Å². The molecule has 1 fully saturated rings. The highest BCUT2D eigenvalue weighted by Gasteiger charge is 2.25. The lowest BCUT2D eigenvalue weighted by Gasteiger charge is -2.16. The number of carboxylic acid groups (broad SMARTS) is 1. The predicted octanol–water partition coefficient (Wildman–Crippen LogP) is 2.38. The van der Waals surface area contributed by atoms with Crippen molar-refractivity contribution < 1.29 is 14.7 Å². The van der Waals surface area contributed by atoms with Gasteiger partial charge in [0.25, 0.3) is 0 Å². The SMILES string of the molecule is Cc1ccc(Cl)cc1NC(=O)CN1CCC(CC(=O)O)C1. The Kier molecular flexibility index (Phi) is 5.20. The standard InChI is InChI=1S/C15H19ClN2O3/c1-10-2-3-12(16)7-13(10)17-14(19)9-18-5-4-11(8-18)6-15(20)21/h2-3,7,11H,4-6,8-9H2,1H3,(H,17,19)(H,20,21). The van der Waals surface area contributed by atoms with Gasteiger partial charge in [-0.25, -0.2) is 0 Å². The van der Waals surface area contributed by atoms with Crippen LogP contribution in [0.15, 0.2) is 18.2 Å². The number of halogens is 1. The third-order valence-electron chi connectivity index (χ3n) is 3.67. The molecule has 1 aliphatic rings. The van der Waals surface area contributed by atoms with Crippen LogP contribution in [0.2, 0.25) is 5.02 Å². The van der Waals surface area contributed by atoms with Crippen LogP contribution in [0.3, 0.4) is 0 Å². The van der Waals surface area contributed by atoms with Crippen molar-refractivity contribution in [3.63, 3.8) is 0 Å². The average molecular weight is 311 g/mol. The molecule has 1 heterocycles. The summed E-state index contributed by atoms with van der Waals surface area (Å²) in [6, 6.07) is 5.37. The number of likely N-dealkylation sites (tertiary alicyclic amines) is 1. The summed E-state index contributed by atoms with van der Waals surface area (Å²) in [4.78, 5) is 24.7. The molecule has 1 atom stereocenters. The molecular formula is C15H19ClN2O3. The number of rotatable bonds is 5. The van der Waals surface area contributed by atoms with Crippen LogP contribution in [-0.4, -0.2) is 41.5 Å². The molecule has 5 nitrogen and oxygen atoms in total. The summed E-state index contributed by atoms with van der Waals surface area (Å²) < 4.78 is 0. The van der Waals surface area contributed by atoms with E-state index in [0.717, 1.165) is 18.5 Å². The minimum absolute atomic E-state index is 0.101. The number of aryl methyl sites for hydroxylation is 1. The summed E-state index contributed by atoms with van der Waals surface area (Å²) in [5.74, 6) is -0.736. The smallest absolute Gasteiger partial charge is 0.303 e. The molecule has 0 spiro atoms. The third kappa shape index (κ3) is 4.72. The summed E-state index contributed by atoms with van der Waals surface area (Å²) in [6.07, 6.45) is 1.00. The van der Waals surface area contributed by atoms with E-state index in [1.165, 1.54) is 0 Å². The van der Waals surface area contributed by atoms with E-state index in [4.69, 9.17) is 16.7 Å². The molecule has 0 aromatic heterocycles. The Morgan fingerprint density at radius 3 is 2.95 bits per heavy atom. The molecule has 0 aliphatic carbocycles. The molecule has 2 rings (SSSR count). The zero-order valence-electron chi connectivity index (χ0n) is 11.9. The molecule has 1 aromatic rings. The number of carbonyl (C=O) groups is 2. The van der Waals surface area contributed by atoms with Gasteiger partial charge in [0.15, 0.2) is 0 Å². The van der Waals surface area contributed by atoms with Crippen molar-refractivity contribution in [2.75, 3.05) is 25.0 Å². The molecular weight excluding hydrogens is 292 g/mol. The van der Waals surface area contributed by atoms with Crippen molar-refractivity contribution in [2.24, 2.45) is 5.92 Å². The van der Waals surface area contributed by atoms with Crippen LogP contribution in [0.25, 0.3) is 0 Å². The molecule has 0 bridgehead atoms. The van der Waals surface area contributed by atoms with Gasteiger partial charge in [-0.15, -0.1) is 0 Å². The number of hydrogen-bond acceptors (Lipinski definition) is 3. The van der Waals surface area contributed by atoms with Crippen molar-refractivity contribution in [1.82, 2.24) is 4.90 Å². The molecule has 2 N–H and O–H groups in total. The van der Waals surface area contributed by atoms with Crippen LogP contribution in [0.4, 0.5) is 5.69 Å². The van der Waals surface area contributed by atoms with Crippen LogP contribution in [0.5, 0.6) is 0 Å². The lowest BCUT2D eigenvalue weighted by molar-refractivity contribution is -0.138. The van der Waals surface area contributed by atoms with Gasteiger partial charge in [-0.3, -0.25) is 14.5 Å². The summed E-state index contributed by atoms with van der Waals surface area (Å²) in [5, 5.41) is 12.2. The highest BCUT2D eigenvalue weighted by atomic mass is 35.5. The summed E-state index contributed by atoms with van der Waals surface area (Å²) in [5.41, 5.74) is 1.67. The minimum Gasteiger partial charge on any atom is -0.481 e. The Morgan fingerprint density at radius 2 is 2.24 bits per heavy atom. The Morgan fingerprint density at radius 1 is 1.48 bits per heavy atom. The largest absolute Gasteiger partial charge is 0.481 e.